The zero-order valence-corrected chi connectivity index (χ0v) is 25.1. The van der Waals surface area contributed by atoms with Gasteiger partial charge in [-0.2, -0.15) is 5.10 Å². The van der Waals surface area contributed by atoms with Crippen molar-refractivity contribution in [2.45, 2.75) is 75.6 Å². The molecule has 0 saturated carbocycles. The van der Waals surface area contributed by atoms with Crippen molar-refractivity contribution in [1.29, 1.82) is 0 Å². The highest BCUT2D eigenvalue weighted by molar-refractivity contribution is 8.03. The highest BCUT2D eigenvalue weighted by Crippen LogP contribution is 2.36. The molecule has 0 atom stereocenters. The summed E-state index contributed by atoms with van der Waals surface area (Å²) in [5.74, 6) is 0.433. The van der Waals surface area contributed by atoms with Gasteiger partial charge in [-0.1, -0.05) is 36.9 Å². The van der Waals surface area contributed by atoms with E-state index in [1.54, 1.807) is 11.3 Å². The summed E-state index contributed by atoms with van der Waals surface area (Å²) in [5.41, 5.74) is 3.62. The number of hydrogen-bond acceptors (Lipinski definition) is 9. The lowest BCUT2D eigenvalue weighted by atomic mass is 10.1. The summed E-state index contributed by atoms with van der Waals surface area (Å²) in [5, 5.41) is 6.61. The maximum Gasteiger partial charge on any atom is 0.322 e. The lowest BCUT2D eigenvalue weighted by Crippen LogP contribution is -2.36. The number of thiazole rings is 1. The van der Waals surface area contributed by atoms with E-state index in [9.17, 15) is 4.79 Å². The first-order valence-electron chi connectivity index (χ1n) is 13.0. The number of carbonyl (C=O) groups excluding carboxylic acids is 1. The molecule has 0 aliphatic rings. The Hall–Kier alpha value is -3.24. The second-order valence-electron chi connectivity index (χ2n) is 10.8. The van der Waals surface area contributed by atoms with Crippen molar-refractivity contribution >= 4 is 35.0 Å². The van der Waals surface area contributed by atoms with Gasteiger partial charge in [0.05, 0.1) is 17.6 Å². The van der Waals surface area contributed by atoms with Crippen molar-refractivity contribution in [3.63, 3.8) is 0 Å². The van der Waals surface area contributed by atoms with E-state index >= 15 is 0 Å². The van der Waals surface area contributed by atoms with Crippen LogP contribution >= 0.6 is 23.1 Å². The zero-order valence-electron chi connectivity index (χ0n) is 23.4. The summed E-state index contributed by atoms with van der Waals surface area (Å²) in [6.45, 7) is 12.8. The Morgan fingerprint density at radius 1 is 1.05 bits per heavy atom. The third kappa shape index (κ3) is 8.12. The molecule has 0 fully saturated rings. The highest BCUT2D eigenvalue weighted by Gasteiger charge is 2.34. The second-order valence-corrected chi connectivity index (χ2v) is 13.5. The number of aromatic nitrogens is 5. The molecule has 0 saturated heterocycles. The molecule has 0 aliphatic heterocycles. The van der Waals surface area contributed by atoms with E-state index in [0.29, 0.717) is 19.0 Å². The minimum Gasteiger partial charge on any atom is -0.459 e. The zero-order chi connectivity index (χ0) is 28.0. The second kappa shape index (κ2) is 12.3. The lowest BCUT2D eigenvalue weighted by Gasteiger charge is -2.27. The molecule has 4 aromatic rings. The van der Waals surface area contributed by atoms with Crippen molar-refractivity contribution in [3.8, 4) is 5.69 Å². The summed E-state index contributed by atoms with van der Waals surface area (Å²) in [6.07, 6.45) is 9.31. The number of esters is 1. The van der Waals surface area contributed by atoms with Gasteiger partial charge in [-0.25, -0.2) is 19.6 Å². The van der Waals surface area contributed by atoms with Gasteiger partial charge in [0.15, 0.2) is 4.34 Å². The fourth-order valence-electron chi connectivity index (χ4n) is 3.69. The number of aryl methyl sites for hydroxylation is 1. The van der Waals surface area contributed by atoms with Gasteiger partial charge in [-0.3, -0.25) is 4.79 Å². The van der Waals surface area contributed by atoms with E-state index in [-0.39, 0.29) is 5.97 Å². The van der Waals surface area contributed by atoms with Crippen LogP contribution in [0, 0.1) is 0 Å². The quantitative estimate of drug-likeness (QED) is 0.159. The maximum absolute atomic E-state index is 12.7. The smallest absolute Gasteiger partial charge is 0.322 e. The summed E-state index contributed by atoms with van der Waals surface area (Å²) >= 11 is 2.99. The molecular weight excluding hydrogens is 528 g/mol. The molecule has 1 aromatic carbocycles. The van der Waals surface area contributed by atoms with Gasteiger partial charge in [-0.05, 0) is 58.7 Å². The molecule has 0 aliphatic carbocycles. The summed E-state index contributed by atoms with van der Waals surface area (Å²) in [7, 11) is 0. The molecule has 0 spiro atoms. The standard InChI is InChI=1S/C29H36N6O2S2/c1-7-21-15-30-26(31-16-21)34(18-22-17-32-35(19-22)24-11-9-8-10-12-24)14-13-23-20-38-27(33-23)39-29(5,6)25(36)37-28(2,3)4/h8-12,15-17,19-20H,7,13-14,18H2,1-6H3. The van der Waals surface area contributed by atoms with Crippen LogP contribution in [-0.2, 0) is 28.9 Å². The van der Waals surface area contributed by atoms with Crippen molar-refractivity contribution in [2.24, 2.45) is 0 Å². The Morgan fingerprint density at radius 2 is 1.77 bits per heavy atom. The summed E-state index contributed by atoms with van der Waals surface area (Å²) in [4.78, 5) is 28.9. The first-order chi connectivity index (χ1) is 18.5. The molecular formula is C29H36N6O2S2. The van der Waals surface area contributed by atoms with Crippen LogP contribution in [0.3, 0.4) is 0 Å². The summed E-state index contributed by atoms with van der Waals surface area (Å²) < 4.78 is 7.60. The van der Waals surface area contributed by atoms with Crippen LogP contribution in [0.2, 0.25) is 0 Å². The number of nitrogens with zero attached hydrogens (tertiary/aromatic N) is 6. The molecule has 8 nitrogen and oxygen atoms in total. The molecule has 0 amide bonds. The van der Waals surface area contributed by atoms with Crippen LogP contribution in [0.1, 0.15) is 58.4 Å². The van der Waals surface area contributed by atoms with E-state index < -0.39 is 10.3 Å². The van der Waals surface area contributed by atoms with Crippen LogP contribution in [0.5, 0.6) is 0 Å². The van der Waals surface area contributed by atoms with E-state index in [1.807, 2.05) is 94.4 Å². The summed E-state index contributed by atoms with van der Waals surface area (Å²) in [6, 6.07) is 10.1. The Labute approximate surface area is 238 Å². The third-order valence-electron chi connectivity index (χ3n) is 5.81. The van der Waals surface area contributed by atoms with Gasteiger partial charge < -0.3 is 9.64 Å². The fourth-order valence-corrected chi connectivity index (χ4v) is 5.95. The predicted octanol–water partition coefficient (Wildman–Crippen LogP) is 6.14. The molecule has 206 valence electrons. The number of ether oxygens (including phenoxy) is 1. The highest BCUT2D eigenvalue weighted by atomic mass is 32.2. The third-order valence-corrected chi connectivity index (χ3v) is 7.98. The van der Waals surface area contributed by atoms with Gasteiger partial charge in [0, 0.05) is 49.0 Å². The van der Waals surface area contributed by atoms with Crippen molar-refractivity contribution in [2.75, 3.05) is 11.4 Å². The predicted molar refractivity (Wildman–Crippen MR) is 158 cm³/mol. The number of anilines is 1. The minimum absolute atomic E-state index is 0.244. The molecule has 0 N–H and O–H groups in total. The lowest BCUT2D eigenvalue weighted by molar-refractivity contribution is -0.156. The molecule has 10 heteroatoms. The number of hydrogen-bond donors (Lipinski definition) is 0. The van der Waals surface area contributed by atoms with Gasteiger partial charge in [0.1, 0.15) is 10.3 Å². The molecule has 3 aromatic heterocycles. The van der Waals surface area contributed by atoms with E-state index in [0.717, 1.165) is 39.7 Å². The van der Waals surface area contributed by atoms with E-state index in [1.165, 1.54) is 11.8 Å². The Bertz CT molecular complexity index is 1360. The Kier molecular flexibility index (Phi) is 9.07. The first kappa shape index (κ1) is 28.8. The maximum atomic E-state index is 12.7. The van der Waals surface area contributed by atoms with E-state index in [4.69, 9.17) is 9.72 Å². The number of benzene rings is 1. The van der Waals surface area contributed by atoms with Crippen molar-refractivity contribution in [1.82, 2.24) is 24.7 Å². The van der Waals surface area contributed by atoms with Crippen LogP contribution in [0.15, 0.2) is 64.8 Å². The molecule has 3 heterocycles. The van der Waals surface area contributed by atoms with Crippen LogP contribution in [0.25, 0.3) is 5.69 Å². The van der Waals surface area contributed by atoms with Crippen LogP contribution < -0.4 is 4.90 Å². The minimum atomic E-state index is -0.734. The van der Waals surface area contributed by atoms with Gasteiger partial charge >= 0.3 is 5.97 Å². The monoisotopic (exact) mass is 564 g/mol. The average Bonchev–Trinajstić information content (AvgIpc) is 3.55. The van der Waals surface area contributed by atoms with Crippen molar-refractivity contribution < 1.29 is 9.53 Å². The van der Waals surface area contributed by atoms with Crippen LogP contribution in [0.4, 0.5) is 5.95 Å². The molecule has 0 radical (unpaired) electrons. The molecule has 0 bridgehead atoms. The fraction of sp³-hybridized carbons (Fsp3) is 0.414. The molecule has 39 heavy (non-hydrogen) atoms. The largest absolute Gasteiger partial charge is 0.459 e. The number of thioether (sulfide) groups is 1. The van der Waals surface area contributed by atoms with Crippen molar-refractivity contribution in [3.05, 3.63) is 77.3 Å². The Morgan fingerprint density at radius 3 is 2.44 bits per heavy atom. The normalized spacial score (nSPS) is 11.9. The van der Waals surface area contributed by atoms with Gasteiger partial charge in [-0.15, -0.1) is 11.3 Å². The van der Waals surface area contributed by atoms with E-state index in [2.05, 4.69) is 32.3 Å². The number of para-hydroxylation sites is 1. The number of rotatable bonds is 11. The first-order valence-corrected chi connectivity index (χ1v) is 14.7. The SMILES string of the molecule is CCc1cnc(N(CCc2csc(SC(C)(C)C(=O)OC(C)(C)C)n2)Cc2cnn(-c3ccccc3)c2)nc1. The average molecular weight is 565 g/mol. The van der Waals surface area contributed by atoms with Crippen LogP contribution in [-0.4, -0.2) is 47.6 Å². The molecule has 4 rings (SSSR count). The number of carbonyl (C=O) groups is 1. The molecule has 0 unspecified atom stereocenters. The van der Waals surface area contributed by atoms with Gasteiger partial charge in [0.2, 0.25) is 5.95 Å². The topological polar surface area (TPSA) is 86.0 Å². The Balaban J connectivity index is 1.45. The van der Waals surface area contributed by atoms with Gasteiger partial charge in [0.25, 0.3) is 0 Å².